The SMILES string of the molecule is CC(C)CCC[C@@H](C)C[C@@H](O)CO. The van der Waals surface area contributed by atoms with Crippen molar-refractivity contribution in [2.24, 2.45) is 11.8 Å². The van der Waals surface area contributed by atoms with Gasteiger partial charge >= 0.3 is 0 Å². The van der Waals surface area contributed by atoms with Crippen molar-refractivity contribution in [1.82, 2.24) is 0 Å². The van der Waals surface area contributed by atoms with Crippen LogP contribution < -0.4 is 0 Å². The molecule has 0 amide bonds. The lowest BCUT2D eigenvalue weighted by Crippen LogP contribution is -2.15. The Balaban J connectivity index is 3.34. The average Bonchev–Trinajstić information content (AvgIpc) is 2.03. The molecular weight excluding hydrogens is 164 g/mol. The molecule has 2 N–H and O–H groups in total. The van der Waals surface area contributed by atoms with Crippen molar-refractivity contribution >= 4 is 0 Å². The number of hydrogen-bond donors (Lipinski definition) is 2. The molecule has 0 saturated heterocycles. The molecule has 80 valence electrons. The van der Waals surface area contributed by atoms with Crippen LogP contribution in [0.2, 0.25) is 0 Å². The maximum atomic E-state index is 9.19. The van der Waals surface area contributed by atoms with E-state index in [1.54, 1.807) is 0 Å². The Bertz CT molecular complexity index is 113. The summed E-state index contributed by atoms with van der Waals surface area (Å²) in [6.45, 7) is 6.49. The van der Waals surface area contributed by atoms with E-state index < -0.39 is 6.10 Å². The highest BCUT2D eigenvalue weighted by atomic mass is 16.3. The average molecular weight is 188 g/mol. The first-order valence-corrected chi connectivity index (χ1v) is 5.35. The second-order valence-electron chi connectivity index (χ2n) is 4.50. The molecule has 0 saturated carbocycles. The van der Waals surface area contributed by atoms with Gasteiger partial charge in [0.05, 0.1) is 12.7 Å². The molecule has 0 aromatic heterocycles. The molecule has 0 fully saturated rings. The van der Waals surface area contributed by atoms with Gasteiger partial charge in [0.1, 0.15) is 0 Å². The third kappa shape index (κ3) is 8.26. The normalized spacial score (nSPS) is 16.2. The first-order chi connectivity index (χ1) is 6.06. The predicted molar refractivity (Wildman–Crippen MR) is 55.6 cm³/mol. The summed E-state index contributed by atoms with van der Waals surface area (Å²) in [5.74, 6) is 1.30. The van der Waals surface area contributed by atoms with Crippen LogP contribution in [0.3, 0.4) is 0 Å². The molecule has 2 heteroatoms. The van der Waals surface area contributed by atoms with Crippen LogP contribution in [0.15, 0.2) is 0 Å². The zero-order chi connectivity index (χ0) is 10.3. The Morgan fingerprint density at radius 2 is 1.69 bits per heavy atom. The van der Waals surface area contributed by atoms with E-state index in [2.05, 4.69) is 20.8 Å². The molecule has 2 atom stereocenters. The number of rotatable bonds is 7. The maximum absolute atomic E-state index is 9.19. The third-order valence-electron chi connectivity index (χ3n) is 2.36. The van der Waals surface area contributed by atoms with Crippen LogP contribution in [0.5, 0.6) is 0 Å². The molecule has 0 radical (unpaired) electrons. The van der Waals surface area contributed by atoms with Crippen molar-refractivity contribution in [2.45, 2.75) is 52.6 Å². The Kier molecular flexibility index (Phi) is 7.29. The smallest absolute Gasteiger partial charge is 0.0773 e. The first-order valence-electron chi connectivity index (χ1n) is 5.35. The van der Waals surface area contributed by atoms with E-state index in [1.165, 1.54) is 12.8 Å². The van der Waals surface area contributed by atoms with E-state index in [0.717, 1.165) is 18.8 Å². The molecule has 0 bridgehead atoms. The molecule has 0 unspecified atom stereocenters. The Labute approximate surface area is 82.0 Å². The third-order valence-corrected chi connectivity index (χ3v) is 2.36. The minimum absolute atomic E-state index is 0.103. The first kappa shape index (κ1) is 12.9. The molecule has 0 aliphatic carbocycles. The summed E-state index contributed by atoms with van der Waals surface area (Å²) in [7, 11) is 0. The molecule has 13 heavy (non-hydrogen) atoms. The molecule has 0 aliphatic heterocycles. The van der Waals surface area contributed by atoms with Gasteiger partial charge in [-0.25, -0.2) is 0 Å². The van der Waals surface area contributed by atoms with Crippen LogP contribution in [0, 0.1) is 11.8 Å². The van der Waals surface area contributed by atoms with E-state index in [4.69, 9.17) is 5.11 Å². The minimum Gasteiger partial charge on any atom is -0.394 e. The van der Waals surface area contributed by atoms with Crippen LogP contribution in [0.25, 0.3) is 0 Å². The van der Waals surface area contributed by atoms with Gasteiger partial charge in [0.25, 0.3) is 0 Å². The van der Waals surface area contributed by atoms with Gasteiger partial charge in [0.15, 0.2) is 0 Å². The highest BCUT2D eigenvalue weighted by Gasteiger charge is 2.09. The van der Waals surface area contributed by atoms with Crippen molar-refractivity contribution in [3.8, 4) is 0 Å². The maximum Gasteiger partial charge on any atom is 0.0773 e. The van der Waals surface area contributed by atoms with Gasteiger partial charge in [0.2, 0.25) is 0 Å². The topological polar surface area (TPSA) is 40.5 Å². The fraction of sp³-hybridized carbons (Fsp3) is 1.00. The molecule has 0 aromatic carbocycles. The van der Waals surface area contributed by atoms with Crippen LogP contribution >= 0.6 is 0 Å². The molecule has 0 aromatic rings. The van der Waals surface area contributed by atoms with Gasteiger partial charge in [-0.3, -0.25) is 0 Å². The van der Waals surface area contributed by atoms with Crippen molar-refractivity contribution < 1.29 is 10.2 Å². The lowest BCUT2D eigenvalue weighted by atomic mass is 9.95. The van der Waals surface area contributed by atoms with E-state index in [0.29, 0.717) is 5.92 Å². The molecule has 0 aliphatic rings. The van der Waals surface area contributed by atoms with Crippen molar-refractivity contribution in [1.29, 1.82) is 0 Å². The van der Waals surface area contributed by atoms with Crippen LogP contribution in [0.1, 0.15) is 46.5 Å². The zero-order valence-electron chi connectivity index (χ0n) is 9.16. The fourth-order valence-corrected chi connectivity index (χ4v) is 1.53. The summed E-state index contributed by atoms with van der Waals surface area (Å²) in [4.78, 5) is 0. The number of hydrogen-bond acceptors (Lipinski definition) is 2. The summed E-state index contributed by atoms with van der Waals surface area (Å²) in [5.41, 5.74) is 0. The predicted octanol–water partition coefficient (Wildman–Crippen LogP) is 2.19. The number of aliphatic hydroxyl groups is 2. The largest absolute Gasteiger partial charge is 0.394 e. The Morgan fingerprint density at radius 1 is 1.08 bits per heavy atom. The number of aliphatic hydroxyl groups excluding tert-OH is 2. The van der Waals surface area contributed by atoms with Gasteiger partial charge in [-0.1, -0.05) is 40.0 Å². The molecule has 0 heterocycles. The van der Waals surface area contributed by atoms with Crippen LogP contribution in [0.4, 0.5) is 0 Å². The van der Waals surface area contributed by atoms with Gasteiger partial charge in [0, 0.05) is 0 Å². The monoisotopic (exact) mass is 188 g/mol. The summed E-state index contributed by atoms with van der Waals surface area (Å²) < 4.78 is 0. The van der Waals surface area contributed by atoms with E-state index in [-0.39, 0.29) is 6.61 Å². The second kappa shape index (κ2) is 7.34. The van der Waals surface area contributed by atoms with Gasteiger partial charge in [-0.05, 0) is 18.3 Å². The zero-order valence-corrected chi connectivity index (χ0v) is 9.16. The van der Waals surface area contributed by atoms with Crippen LogP contribution in [-0.4, -0.2) is 22.9 Å². The second-order valence-corrected chi connectivity index (χ2v) is 4.50. The molecule has 0 spiro atoms. The summed E-state index contributed by atoms with van der Waals surface area (Å²) in [6, 6.07) is 0. The summed E-state index contributed by atoms with van der Waals surface area (Å²) in [5, 5.41) is 17.8. The van der Waals surface area contributed by atoms with Gasteiger partial charge < -0.3 is 10.2 Å². The van der Waals surface area contributed by atoms with Crippen molar-refractivity contribution in [3.05, 3.63) is 0 Å². The standard InChI is InChI=1S/C11H24O2/c1-9(2)5-4-6-10(3)7-11(13)8-12/h9-13H,4-8H2,1-3H3/t10-,11-/m1/s1. The molecular formula is C11H24O2. The van der Waals surface area contributed by atoms with Crippen molar-refractivity contribution in [3.63, 3.8) is 0 Å². The lowest BCUT2D eigenvalue weighted by molar-refractivity contribution is 0.0746. The Hall–Kier alpha value is -0.0800. The summed E-state index contributed by atoms with van der Waals surface area (Å²) >= 11 is 0. The Morgan fingerprint density at radius 3 is 2.15 bits per heavy atom. The molecule has 2 nitrogen and oxygen atoms in total. The quantitative estimate of drug-likeness (QED) is 0.643. The summed E-state index contributed by atoms with van der Waals surface area (Å²) in [6.07, 6.45) is 3.87. The van der Waals surface area contributed by atoms with E-state index in [1.807, 2.05) is 0 Å². The minimum atomic E-state index is -0.519. The lowest BCUT2D eigenvalue weighted by Gasteiger charge is -2.14. The highest BCUT2D eigenvalue weighted by Crippen LogP contribution is 2.16. The van der Waals surface area contributed by atoms with Crippen molar-refractivity contribution in [2.75, 3.05) is 6.61 Å². The molecule has 0 rings (SSSR count). The van der Waals surface area contributed by atoms with Gasteiger partial charge in [-0.2, -0.15) is 0 Å². The fourth-order valence-electron chi connectivity index (χ4n) is 1.53. The highest BCUT2D eigenvalue weighted by molar-refractivity contribution is 4.61. The van der Waals surface area contributed by atoms with Crippen LogP contribution in [-0.2, 0) is 0 Å². The van der Waals surface area contributed by atoms with Gasteiger partial charge in [-0.15, -0.1) is 0 Å². The van der Waals surface area contributed by atoms with E-state index >= 15 is 0 Å². The van der Waals surface area contributed by atoms with E-state index in [9.17, 15) is 5.11 Å².